The quantitative estimate of drug-likeness (QED) is 0.301. The maximum absolute atomic E-state index is 10.0. The summed E-state index contributed by atoms with van der Waals surface area (Å²) in [5.74, 6) is -0.440. The molecule has 0 spiro atoms. The van der Waals surface area contributed by atoms with E-state index in [-0.39, 0.29) is 28.8 Å². The van der Waals surface area contributed by atoms with Gasteiger partial charge in [0.25, 0.3) is 5.82 Å². The molecule has 0 aliphatic carbocycles. The van der Waals surface area contributed by atoms with Gasteiger partial charge in [-0.25, -0.2) is 4.63 Å². The van der Waals surface area contributed by atoms with E-state index in [1.54, 1.807) is 0 Å². The van der Waals surface area contributed by atoms with Gasteiger partial charge in [-0.05, 0) is 69.7 Å². The number of hydrogen-bond donors (Lipinski definition) is 3. The average molecular weight is 464 g/mol. The third-order valence-corrected chi connectivity index (χ3v) is 4.04. The van der Waals surface area contributed by atoms with Gasteiger partial charge in [-0.2, -0.15) is 0 Å². The molecule has 3 rings (SSSR count). The number of benzene rings is 2. The first kappa shape index (κ1) is 17.8. The summed E-state index contributed by atoms with van der Waals surface area (Å²) in [6, 6.07) is 8.41. The molecule has 0 bridgehead atoms. The number of aryl methyl sites for hydroxylation is 1. The van der Waals surface area contributed by atoms with Gasteiger partial charge < -0.3 is 15.9 Å². The van der Waals surface area contributed by atoms with Crippen molar-refractivity contribution < 1.29 is 14.8 Å². The molecule has 3 aromatic rings. The van der Waals surface area contributed by atoms with Gasteiger partial charge in [0.2, 0.25) is 5.82 Å². The normalized spacial score (nSPS) is 11.6. The number of azo groups is 1. The van der Waals surface area contributed by atoms with Crippen LogP contribution in [0.2, 0.25) is 0 Å². The van der Waals surface area contributed by atoms with E-state index >= 15 is 0 Å². The van der Waals surface area contributed by atoms with Crippen molar-refractivity contribution in [2.75, 3.05) is 5.73 Å². The Morgan fingerprint density at radius 3 is 2.58 bits per heavy atom. The second kappa shape index (κ2) is 7.47. The minimum Gasteiger partial charge on any atom is -0.507 e. The number of aliphatic imine (C=N–C) groups is 1. The fourth-order valence-corrected chi connectivity index (χ4v) is 2.68. The Morgan fingerprint density at radius 1 is 1.08 bits per heavy atom. The Labute approximate surface area is 161 Å². The summed E-state index contributed by atoms with van der Waals surface area (Å²) in [5.41, 5.74) is 7.72. The van der Waals surface area contributed by atoms with Crippen LogP contribution in [0.3, 0.4) is 0 Å². The Morgan fingerprint density at radius 2 is 1.88 bits per heavy atom. The fourth-order valence-electron chi connectivity index (χ4n) is 2.03. The van der Waals surface area contributed by atoms with E-state index < -0.39 is 0 Å². The highest BCUT2D eigenvalue weighted by Crippen LogP contribution is 2.34. The van der Waals surface area contributed by atoms with Crippen LogP contribution in [-0.4, -0.2) is 26.7 Å². The Bertz CT molecular complexity index is 1020. The van der Waals surface area contributed by atoms with E-state index in [0.29, 0.717) is 5.56 Å². The van der Waals surface area contributed by atoms with Gasteiger partial charge in [-0.15, -0.1) is 10.2 Å². The molecule has 4 N–H and O–H groups in total. The van der Waals surface area contributed by atoms with E-state index in [1.807, 2.05) is 25.1 Å². The average Bonchev–Trinajstić information content (AvgIpc) is 2.99. The third-order valence-electron chi connectivity index (χ3n) is 3.37. The lowest BCUT2D eigenvalue weighted by molar-refractivity contribution is 0.310. The molecule has 10 heteroatoms. The van der Waals surface area contributed by atoms with Crippen LogP contribution in [-0.2, 0) is 0 Å². The van der Waals surface area contributed by atoms with Crippen molar-refractivity contribution in [3.8, 4) is 11.5 Å². The molecular formula is C16H13IN6O3. The molecule has 9 nitrogen and oxygen atoms in total. The number of nitrogens with two attached hydrogens (primary N) is 1. The van der Waals surface area contributed by atoms with Gasteiger partial charge >= 0.3 is 0 Å². The number of anilines is 1. The molecular weight excluding hydrogens is 451 g/mol. The lowest BCUT2D eigenvalue weighted by atomic mass is 10.1. The van der Waals surface area contributed by atoms with Gasteiger partial charge in [-0.3, -0.25) is 4.99 Å². The van der Waals surface area contributed by atoms with E-state index in [2.05, 4.69) is 52.8 Å². The predicted octanol–water partition coefficient (Wildman–Crippen LogP) is 4.14. The van der Waals surface area contributed by atoms with Gasteiger partial charge in [-0.1, -0.05) is 0 Å². The zero-order valence-electron chi connectivity index (χ0n) is 13.5. The summed E-state index contributed by atoms with van der Waals surface area (Å²) < 4.78 is 5.52. The molecule has 1 heterocycles. The monoisotopic (exact) mass is 464 g/mol. The molecule has 0 aliphatic heterocycles. The molecule has 0 unspecified atom stereocenters. The topological polar surface area (TPSA) is 142 Å². The molecule has 0 fully saturated rings. The number of nitrogens with zero attached hydrogens (tertiary/aromatic N) is 5. The summed E-state index contributed by atoms with van der Waals surface area (Å²) in [4.78, 5) is 4.37. The van der Waals surface area contributed by atoms with E-state index in [4.69, 9.17) is 5.73 Å². The first-order valence-electron chi connectivity index (χ1n) is 7.30. The van der Waals surface area contributed by atoms with Crippen LogP contribution in [0.15, 0.2) is 50.2 Å². The molecule has 0 radical (unpaired) electrons. The second-order valence-corrected chi connectivity index (χ2v) is 6.51. The van der Waals surface area contributed by atoms with Gasteiger partial charge in [0.15, 0.2) is 0 Å². The van der Waals surface area contributed by atoms with E-state index in [1.165, 1.54) is 12.3 Å². The first-order valence-corrected chi connectivity index (χ1v) is 8.38. The molecule has 0 atom stereocenters. The van der Waals surface area contributed by atoms with Crippen molar-refractivity contribution in [3.63, 3.8) is 0 Å². The number of phenols is 2. The maximum Gasteiger partial charge on any atom is 0.261 e. The summed E-state index contributed by atoms with van der Waals surface area (Å²) >= 11 is 2.22. The fraction of sp³-hybridized carbons (Fsp3) is 0.0625. The van der Waals surface area contributed by atoms with Crippen molar-refractivity contribution in [3.05, 3.63) is 45.0 Å². The molecule has 0 amide bonds. The minimum atomic E-state index is -0.260. The molecule has 0 aliphatic rings. The summed E-state index contributed by atoms with van der Waals surface area (Å²) in [5, 5.41) is 34.4. The number of phenolic OH excluding ortho intramolecular Hbond substituents is 2. The highest BCUT2D eigenvalue weighted by molar-refractivity contribution is 14.1. The largest absolute Gasteiger partial charge is 0.507 e. The summed E-state index contributed by atoms with van der Waals surface area (Å²) in [6.45, 7) is 1.95. The standard InChI is InChI=1S/C16H13IN6O3/c1-8-4-10(17)2-3-11(8)19-7-9-5-12(14(25)6-13(9)24)20-21-16-15(18)22-26-23-16/h2-7,24-25H,1H3,(H2,18,22). The Hall–Kier alpha value is -3.02. The number of nitrogen functional groups attached to an aromatic ring is 1. The van der Waals surface area contributed by atoms with Crippen molar-refractivity contribution >= 4 is 51.8 Å². The third kappa shape index (κ3) is 3.96. The van der Waals surface area contributed by atoms with Gasteiger partial charge in [0.1, 0.15) is 17.2 Å². The van der Waals surface area contributed by atoms with Crippen LogP contribution < -0.4 is 5.73 Å². The maximum atomic E-state index is 10.0. The zero-order valence-corrected chi connectivity index (χ0v) is 15.6. The summed E-state index contributed by atoms with van der Waals surface area (Å²) in [7, 11) is 0. The SMILES string of the molecule is Cc1cc(I)ccc1N=Cc1cc(N=Nc2nonc2N)c(O)cc1O. The smallest absolute Gasteiger partial charge is 0.261 e. The highest BCUT2D eigenvalue weighted by atomic mass is 127. The molecule has 132 valence electrons. The van der Waals surface area contributed by atoms with Crippen molar-refractivity contribution in [2.45, 2.75) is 6.92 Å². The van der Waals surface area contributed by atoms with E-state index in [9.17, 15) is 10.2 Å². The molecule has 0 saturated carbocycles. The van der Waals surface area contributed by atoms with Crippen molar-refractivity contribution in [2.24, 2.45) is 15.2 Å². The van der Waals surface area contributed by atoms with Crippen LogP contribution in [0.1, 0.15) is 11.1 Å². The van der Waals surface area contributed by atoms with Gasteiger partial charge in [0.05, 0.1) is 5.69 Å². The number of rotatable bonds is 4. The van der Waals surface area contributed by atoms with Crippen LogP contribution in [0, 0.1) is 10.5 Å². The lowest BCUT2D eigenvalue weighted by Gasteiger charge is -2.04. The lowest BCUT2D eigenvalue weighted by Crippen LogP contribution is -1.85. The van der Waals surface area contributed by atoms with Crippen molar-refractivity contribution in [1.82, 2.24) is 10.3 Å². The van der Waals surface area contributed by atoms with Gasteiger partial charge in [0, 0.05) is 21.4 Å². The number of aromatic nitrogens is 2. The van der Waals surface area contributed by atoms with Crippen LogP contribution in [0.4, 0.5) is 23.0 Å². The predicted molar refractivity (Wildman–Crippen MR) is 104 cm³/mol. The molecule has 26 heavy (non-hydrogen) atoms. The Balaban J connectivity index is 1.91. The zero-order chi connectivity index (χ0) is 18.7. The van der Waals surface area contributed by atoms with Crippen molar-refractivity contribution in [1.29, 1.82) is 0 Å². The Kier molecular flexibility index (Phi) is 5.11. The molecule has 0 saturated heterocycles. The van der Waals surface area contributed by atoms with Crippen LogP contribution >= 0.6 is 22.6 Å². The van der Waals surface area contributed by atoms with Crippen LogP contribution in [0.5, 0.6) is 11.5 Å². The highest BCUT2D eigenvalue weighted by Gasteiger charge is 2.09. The summed E-state index contributed by atoms with van der Waals surface area (Å²) in [6.07, 6.45) is 1.48. The number of aromatic hydroxyl groups is 2. The second-order valence-electron chi connectivity index (χ2n) is 5.26. The minimum absolute atomic E-state index is 0.0118. The van der Waals surface area contributed by atoms with Crippen LogP contribution in [0.25, 0.3) is 0 Å². The number of halogens is 1. The number of hydrogen-bond acceptors (Lipinski definition) is 9. The molecule has 2 aromatic carbocycles. The molecule has 1 aromatic heterocycles. The van der Waals surface area contributed by atoms with E-state index in [0.717, 1.165) is 20.9 Å². The first-order chi connectivity index (χ1) is 12.4.